The second-order valence-corrected chi connectivity index (χ2v) is 7.18. The molecular formula is C16H34N2O. The monoisotopic (exact) mass is 270 g/mol. The molecule has 0 heterocycles. The average molecular weight is 270 g/mol. The van der Waals surface area contributed by atoms with Crippen molar-refractivity contribution in [2.45, 2.75) is 65.0 Å². The molecule has 3 heteroatoms. The molecule has 0 radical (unpaired) electrons. The molecule has 114 valence electrons. The van der Waals surface area contributed by atoms with Crippen molar-refractivity contribution in [2.75, 3.05) is 26.7 Å². The predicted molar refractivity (Wildman–Crippen MR) is 82.4 cm³/mol. The lowest BCUT2D eigenvalue weighted by molar-refractivity contribution is 0.0525. The van der Waals surface area contributed by atoms with E-state index in [-0.39, 0.29) is 12.1 Å². The fourth-order valence-electron chi connectivity index (χ4n) is 3.40. The fourth-order valence-corrected chi connectivity index (χ4v) is 3.40. The maximum atomic E-state index is 9.72. The minimum absolute atomic E-state index is 0.0465. The molecule has 1 saturated carbocycles. The molecule has 0 bridgehead atoms. The lowest BCUT2D eigenvalue weighted by Gasteiger charge is -2.45. The summed E-state index contributed by atoms with van der Waals surface area (Å²) in [5.74, 6) is 1.41. The molecule has 1 aliphatic rings. The second kappa shape index (κ2) is 7.61. The lowest BCUT2D eigenvalue weighted by Crippen LogP contribution is -2.55. The minimum Gasteiger partial charge on any atom is -0.394 e. The normalized spacial score (nSPS) is 28.6. The molecule has 1 fully saturated rings. The van der Waals surface area contributed by atoms with E-state index < -0.39 is 0 Å². The number of likely N-dealkylation sites (N-methyl/N-ethyl adjacent to an activating group) is 1. The van der Waals surface area contributed by atoms with E-state index in [4.69, 9.17) is 0 Å². The van der Waals surface area contributed by atoms with Crippen molar-refractivity contribution in [3.05, 3.63) is 0 Å². The standard InChI is InChI=1S/C16H34N2O/c1-13(2)10-18(11-14(3)4)15-7-6-8-16(9-15,12-19)17-5/h13-15,17,19H,6-12H2,1-5H3. The van der Waals surface area contributed by atoms with Crippen LogP contribution in [0.4, 0.5) is 0 Å². The molecule has 3 nitrogen and oxygen atoms in total. The van der Waals surface area contributed by atoms with Crippen LogP contribution in [0.15, 0.2) is 0 Å². The first kappa shape index (κ1) is 16.9. The van der Waals surface area contributed by atoms with Gasteiger partial charge in [0.2, 0.25) is 0 Å². The van der Waals surface area contributed by atoms with Crippen LogP contribution in [0.3, 0.4) is 0 Å². The van der Waals surface area contributed by atoms with Gasteiger partial charge in [0, 0.05) is 24.7 Å². The largest absolute Gasteiger partial charge is 0.394 e. The smallest absolute Gasteiger partial charge is 0.0613 e. The number of hydrogen-bond acceptors (Lipinski definition) is 3. The molecular weight excluding hydrogens is 236 g/mol. The number of nitrogens with one attached hydrogen (secondary N) is 1. The number of nitrogens with zero attached hydrogens (tertiary/aromatic N) is 1. The van der Waals surface area contributed by atoms with Gasteiger partial charge in [-0.2, -0.15) is 0 Å². The Kier molecular flexibility index (Phi) is 6.78. The first-order chi connectivity index (χ1) is 8.92. The van der Waals surface area contributed by atoms with Crippen LogP contribution < -0.4 is 5.32 Å². The van der Waals surface area contributed by atoms with Crippen LogP contribution in [-0.2, 0) is 0 Å². The van der Waals surface area contributed by atoms with E-state index in [9.17, 15) is 5.11 Å². The van der Waals surface area contributed by atoms with E-state index in [1.54, 1.807) is 0 Å². The van der Waals surface area contributed by atoms with Gasteiger partial charge in [-0.25, -0.2) is 0 Å². The van der Waals surface area contributed by atoms with Crippen LogP contribution in [0.2, 0.25) is 0 Å². The van der Waals surface area contributed by atoms with Crippen molar-refractivity contribution < 1.29 is 5.11 Å². The summed E-state index contributed by atoms with van der Waals surface area (Å²) in [6.45, 7) is 11.8. The summed E-state index contributed by atoms with van der Waals surface area (Å²) in [6, 6.07) is 0.623. The van der Waals surface area contributed by atoms with Crippen molar-refractivity contribution >= 4 is 0 Å². The van der Waals surface area contributed by atoms with Gasteiger partial charge in [0.25, 0.3) is 0 Å². The molecule has 2 N–H and O–H groups in total. The molecule has 1 aliphatic carbocycles. The highest BCUT2D eigenvalue weighted by molar-refractivity contribution is 4.95. The molecule has 1 rings (SSSR count). The first-order valence-corrected chi connectivity index (χ1v) is 7.96. The van der Waals surface area contributed by atoms with Crippen molar-refractivity contribution in [3.8, 4) is 0 Å². The summed E-state index contributed by atoms with van der Waals surface area (Å²) in [7, 11) is 1.99. The quantitative estimate of drug-likeness (QED) is 0.746. The Hall–Kier alpha value is -0.120. The van der Waals surface area contributed by atoms with Crippen LogP contribution >= 0.6 is 0 Å². The summed E-state index contributed by atoms with van der Waals surface area (Å²) < 4.78 is 0. The van der Waals surface area contributed by atoms with Gasteiger partial charge in [0.05, 0.1) is 6.61 Å². The summed E-state index contributed by atoms with van der Waals surface area (Å²) >= 11 is 0. The Labute approximate surface area is 119 Å². The highest BCUT2D eigenvalue weighted by Crippen LogP contribution is 2.31. The predicted octanol–water partition coefficient (Wildman–Crippen LogP) is 2.49. The molecule has 0 amide bonds. The van der Waals surface area contributed by atoms with Crippen LogP contribution in [-0.4, -0.2) is 48.3 Å². The highest BCUT2D eigenvalue weighted by Gasteiger charge is 2.36. The van der Waals surface area contributed by atoms with Crippen LogP contribution in [0.1, 0.15) is 53.4 Å². The SMILES string of the molecule is CNC1(CO)CCCC(N(CC(C)C)CC(C)C)C1. The summed E-state index contributed by atoms with van der Waals surface area (Å²) in [5.41, 5.74) is -0.0465. The summed E-state index contributed by atoms with van der Waals surface area (Å²) in [5, 5.41) is 13.1. The van der Waals surface area contributed by atoms with E-state index in [1.807, 2.05) is 7.05 Å². The molecule has 0 aromatic carbocycles. The molecule has 0 aromatic rings. The number of hydrogen-bond donors (Lipinski definition) is 2. The molecule has 19 heavy (non-hydrogen) atoms. The van der Waals surface area contributed by atoms with Gasteiger partial charge in [0.1, 0.15) is 0 Å². The second-order valence-electron chi connectivity index (χ2n) is 7.18. The summed E-state index contributed by atoms with van der Waals surface area (Å²) in [6.07, 6.45) is 4.69. The Morgan fingerprint density at radius 2 is 1.79 bits per heavy atom. The van der Waals surface area contributed by atoms with Crippen molar-refractivity contribution in [1.82, 2.24) is 10.2 Å². The third-order valence-corrected chi connectivity index (χ3v) is 4.37. The Morgan fingerprint density at radius 3 is 2.21 bits per heavy atom. The van der Waals surface area contributed by atoms with E-state index in [0.29, 0.717) is 17.9 Å². The Bertz CT molecular complexity index is 239. The molecule has 2 atom stereocenters. The van der Waals surface area contributed by atoms with Gasteiger partial charge >= 0.3 is 0 Å². The Balaban J connectivity index is 2.71. The maximum absolute atomic E-state index is 9.72. The van der Waals surface area contributed by atoms with Crippen molar-refractivity contribution in [1.29, 1.82) is 0 Å². The first-order valence-electron chi connectivity index (χ1n) is 7.96. The third-order valence-electron chi connectivity index (χ3n) is 4.37. The molecule has 0 aliphatic heterocycles. The average Bonchev–Trinajstić information content (AvgIpc) is 2.37. The Morgan fingerprint density at radius 1 is 1.21 bits per heavy atom. The number of aliphatic hydroxyl groups excluding tert-OH is 1. The zero-order valence-corrected chi connectivity index (χ0v) is 13.6. The highest BCUT2D eigenvalue weighted by atomic mass is 16.3. The summed E-state index contributed by atoms with van der Waals surface area (Å²) in [4.78, 5) is 2.66. The zero-order chi connectivity index (χ0) is 14.5. The lowest BCUT2D eigenvalue weighted by atomic mass is 9.78. The maximum Gasteiger partial charge on any atom is 0.0613 e. The van der Waals surface area contributed by atoms with Gasteiger partial charge < -0.3 is 10.4 Å². The third kappa shape index (κ3) is 5.05. The van der Waals surface area contributed by atoms with Gasteiger partial charge in [-0.1, -0.05) is 27.7 Å². The number of rotatable bonds is 7. The zero-order valence-electron chi connectivity index (χ0n) is 13.6. The molecule has 0 spiro atoms. The fraction of sp³-hybridized carbons (Fsp3) is 1.00. The van der Waals surface area contributed by atoms with Gasteiger partial charge in [-0.05, 0) is 44.6 Å². The topological polar surface area (TPSA) is 35.5 Å². The minimum atomic E-state index is -0.0465. The molecule has 0 aromatic heterocycles. The van der Waals surface area contributed by atoms with Crippen LogP contribution in [0.25, 0.3) is 0 Å². The van der Waals surface area contributed by atoms with Gasteiger partial charge in [-0.3, -0.25) is 4.90 Å². The van der Waals surface area contributed by atoms with Gasteiger partial charge in [0.15, 0.2) is 0 Å². The molecule has 0 saturated heterocycles. The number of aliphatic hydroxyl groups is 1. The van der Waals surface area contributed by atoms with E-state index >= 15 is 0 Å². The van der Waals surface area contributed by atoms with E-state index in [2.05, 4.69) is 37.9 Å². The van der Waals surface area contributed by atoms with E-state index in [0.717, 1.165) is 12.8 Å². The van der Waals surface area contributed by atoms with Gasteiger partial charge in [-0.15, -0.1) is 0 Å². The van der Waals surface area contributed by atoms with E-state index in [1.165, 1.54) is 25.9 Å². The van der Waals surface area contributed by atoms with Crippen LogP contribution in [0, 0.1) is 11.8 Å². The molecule has 2 unspecified atom stereocenters. The van der Waals surface area contributed by atoms with Crippen molar-refractivity contribution in [3.63, 3.8) is 0 Å². The van der Waals surface area contributed by atoms with Crippen molar-refractivity contribution in [2.24, 2.45) is 11.8 Å². The van der Waals surface area contributed by atoms with Crippen LogP contribution in [0.5, 0.6) is 0 Å².